The Hall–Kier alpha value is -3.19. The summed E-state index contributed by atoms with van der Waals surface area (Å²) in [6.45, 7) is -0.146. The molecule has 0 spiro atoms. The lowest BCUT2D eigenvalue weighted by Crippen LogP contribution is -2.27. The molecule has 2 aromatic rings. The Morgan fingerprint density at radius 1 is 1.26 bits per heavy atom. The Morgan fingerprint density at radius 3 is 2.70 bits per heavy atom. The van der Waals surface area contributed by atoms with Crippen molar-refractivity contribution in [1.82, 2.24) is 9.88 Å². The lowest BCUT2D eigenvalue weighted by Gasteiger charge is -2.10. The van der Waals surface area contributed by atoms with Crippen LogP contribution in [0.3, 0.4) is 0 Å². The van der Waals surface area contributed by atoms with E-state index >= 15 is 0 Å². The van der Waals surface area contributed by atoms with Crippen LogP contribution >= 0.6 is 11.6 Å². The lowest BCUT2D eigenvalue weighted by molar-refractivity contribution is -0.130. The van der Waals surface area contributed by atoms with Gasteiger partial charge >= 0.3 is 0 Å². The number of nitrogens with one attached hydrogen (secondary N) is 1. The number of pyridine rings is 1. The Bertz CT molecular complexity index is 952. The molecule has 138 valence electrons. The number of allylic oxidation sites excluding steroid dienone is 1. The Labute approximate surface area is 160 Å². The van der Waals surface area contributed by atoms with Gasteiger partial charge in [-0.15, -0.1) is 0 Å². The molecule has 0 saturated heterocycles. The van der Waals surface area contributed by atoms with Gasteiger partial charge in [-0.3, -0.25) is 14.4 Å². The van der Waals surface area contributed by atoms with E-state index < -0.39 is 5.78 Å². The van der Waals surface area contributed by atoms with Gasteiger partial charge in [0.25, 0.3) is 11.8 Å². The molecular formula is C19H16ClN3O4. The predicted molar refractivity (Wildman–Crippen MR) is 101 cm³/mol. The molecule has 0 unspecified atom stereocenters. The third-order valence-electron chi connectivity index (χ3n) is 3.91. The molecule has 0 aliphatic carbocycles. The minimum absolute atomic E-state index is 0.146. The monoisotopic (exact) mass is 385 g/mol. The van der Waals surface area contributed by atoms with Crippen LogP contribution in [0.5, 0.6) is 5.88 Å². The third-order valence-corrected chi connectivity index (χ3v) is 4.23. The van der Waals surface area contributed by atoms with Crippen LogP contribution in [0, 0.1) is 0 Å². The maximum Gasteiger partial charge on any atom is 0.260 e. The zero-order valence-electron chi connectivity index (χ0n) is 14.7. The molecule has 7 nitrogen and oxygen atoms in total. The molecule has 0 bridgehead atoms. The van der Waals surface area contributed by atoms with Gasteiger partial charge in [-0.1, -0.05) is 17.7 Å². The molecule has 0 saturated carbocycles. The lowest BCUT2D eigenvalue weighted by atomic mass is 10.0. The van der Waals surface area contributed by atoms with E-state index in [2.05, 4.69) is 10.3 Å². The number of ketones is 1. The molecule has 1 aliphatic heterocycles. The van der Waals surface area contributed by atoms with Crippen molar-refractivity contribution in [3.8, 4) is 5.88 Å². The number of rotatable bonds is 5. The molecule has 2 heterocycles. The van der Waals surface area contributed by atoms with Crippen LogP contribution in [0.4, 0.5) is 5.69 Å². The standard InChI is InChI=1S/C19H16ClN3O4/c1-23(2)17(25)10-27-16-7-6-11(9-21-16)15(24)8-12-18-13(20)4-3-5-14(18)22-19(12)26/h3-9H,10H2,1-2H3,(H,22,26)/b12-8+. The second-order valence-corrected chi connectivity index (χ2v) is 6.41. The number of halogens is 1. The quantitative estimate of drug-likeness (QED) is 0.630. The first kappa shape index (κ1) is 18.6. The average Bonchev–Trinajstić information content (AvgIpc) is 2.96. The first-order valence-electron chi connectivity index (χ1n) is 8.02. The van der Waals surface area contributed by atoms with Crippen molar-refractivity contribution >= 4 is 40.5 Å². The van der Waals surface area contributed by atoms with Crippen LogP contribution in [0.1, 0.15) is 15.9 Å². The second-order valence-electron chi connectivity index (χ2n) is 6.00. The predicted octanol–water partition coefficient (Wildman–Crippen LogP) is 2.42. The number of ether oxygens (including phenoxy) is 1. The van der Waals surface area contributed by atoms with Crippen molar-refractivity contribution in [2.24, 2.45) is 0 Å². The largest absolute Gasteiger partial charge is 0.468 e. The Kier molecular flexibility index (Phi) is 5.23. The third kappa shape index (κ3) is 3.98. The highest BCUT2D eigenvalue weighted by Crippen LogP contribution is 2.37. The smallest absolute Gasteiger partial charge is 0.260 e. The molecule has 27 heavy (non-hydrogen) atoms. The van der Waals surface area contributed by atoms with Crippen molar-refractivity contribution in [1.29, 1.82) is 0 Å². The highest BCUT2D eigenvalue weighted by molar-refractivity contribution is 6.41. The number of carbonyl (C=O) groups is 3. The normalized spacial score (nSPS) is 13.9. The van der Waals surface area contributed by atoms with Gasteiger partial charge in [-0.05, 0) is 24.3 Å². The van der Waals surface area contributed by atoms with Gasteiger partial charge in [-0.25, -0.2) is 4.98 Å². The first-order valence-corrected chi connectivity index (χ1v) is 8.40. The molecule has 3 rings (SSSR count). The number of anilines is 1. The fourth-order valence-electron chi connectivity index (χ4n) is 2.43. The number of likely N-dealkylation sites (N-methyl/N-ethyl adjacent to an activating group) is 1. The van der Waals surface area contributed by atoms with Crippen LogP contribution in [0.2, 0.25) is 5.02 Å². The summed E-state index contributed by atoms with van der Waals surface area (Å²) in [5.41, 5.74) is 1.56. The van der Waals surface area contributed by atoms with Gasteiger partial charge in [0.05, 0.1) is 16.3 Å². The summed E-state index contributed by atoms with van der Waals surface area (Å²) >= 11 is 6.16. The van der Waals surface area contributed by atoms with E-state index in [-0.39, 0.29) is 35.4 Å². The molecule has 0 fully saturated rings. The SMILES string of the molecule is CN(C)C(=O)COc1ccc(C(=O)/C=C2/C(=O)Nc3cccc(Cl)c32)cn1. The summed E-state index contributed by atoms with van der Waals surface area (Å²) in [4.78, 5) is 41.6. The highest BCUT2D eigenvalue weighted by Gasteiger charge is 2.27. The molecule has 0 atom stereocenters. The van der Waals surface area contributed by atoms with Gasteiger partial charge in [0.2, 0.25) is 5.88 Å². The minimum atomic E-state index is -0.392. The topological polar surface area (TPSA) is 88.6 Å². The van der Waals surface area contributed by atoms with E-state index in [9.17, 15) is 14.4 Å². The number of hydrogen-bond acceptors (Lipinski definition) is 5. The van der Waals surface area contributed by atoms with Crippen molar-refractivity contribution in [3.05, 3.63) is 58.8 Å². The maximum absolute atomic E-state index is 12.5. The van der Waals surface area contributed by atoms with Crippen molar-refractivity contribution in [2.75, 3.05) is 26.0 Å². The van der Waals surface area contributed by atoms with Crippen molar-refractivity contribution in [2.45, 2.75) is 0 Å². The van der Waals surface area contributed by atoms with Crippen molar-refractivity contribution < 1.29 is 19.1 Å². The molecule has 8 heteroatoms. The van der Waals surface area contributed by atoms with Gasteiger partial charge < -0.3 is 15.0 Å². The number of amides is 2. The number of nitrogens with zero attached hydrogens (tertiary/aromatic N) is 2. The molecule has 0 radical (unpaired) electrons. The van der Waals surface area contributed by atoms with Crippen LogP contribution in [-0.2, 0) is 9.59 Å². The summed E-state index contributed by atoms with van der Waals surface area (Å²) in [6.07, 6.45) is 2.56. The van der Waals surface area contributed by atoms with Gasteiger partial charge in [-0.2, -0.15) is 0 Å². The molecule has 1 N–H and O–H groups in total. The summed E-state index contributed by atoms with van der Waals surface area (Å²) < 4.78 is 5.27. The molecule has 1 aliphatic rings. The zero-order chi connectivity index (χ0) is 19.6. The van der Waals surface area contributed by atoms with E-state index in [1.165, 1.54) is 29.3 Å². The van der Waals surface area contributed by atoms with Crippen LogP contribution in [-0.4, -0.2) is 48.2 Å². The summed E-state index contributed by atoms with van der Waals surface area (Å²) in [5.74, 6) is -0.760. The number of fused-ring (bicyclic) bond motifs is 1. The highest BCUT2D eigenvalue weighted by atomic mass is 35.5. The van der Waals surface area contributed by atoms with E-state index in [0.717, 1.165) is 0 Å². The Balaban J connectivity index is 1.77. The Morgan fingerprint density at radius 2 is 2.04 bits per heavy atom. The first-order chi connectivity index (χ1) is 12.9. The molecule has 1 aromatic carbocycles. The fraction of sp³-hybridized carbons (Fsp3) is 0.158. The summed E-state index contributed by atoms with van der Waals surface area (Å²) in [7, 11) is 3.25. The number of hydrogen-bond donors (Lipinski definition) is 1. The van der Waals surface area contributed by atoms with E-state index in [1.807, 2.05) is 0 Å². The van der Waals surface area contributed by atoms with Crippen LogP contribution < -0.4 is 10.1 Å². The van der Waals surface area contributed by atoms with Gasteiger partial charge in [0.1, 0.15) is 0 Å². The van der Waals surface area contributed by atoms with E-state index in [4.69, 9.17) is 16.3 Å². The average molecular weight is 386 g/mol. The fourth-order valence-corrected chi connectivity index (χ4v) is 2.71. The molecule has 1 aromatic heterocycles. The molecule has 2 amide bonds. The van der Waals surface area contributed by atoms with Crippen molar-refractivity contribution in [3.63, 3.8) is 0 Å². The summed E-state index contributed by atoms with van der Waals surface area (Å²) in [6, 6.07) is 8.09. The molecular weight excluding hydrogens is 370 g/mol. The zero-order valence-corrected chi connectivity index (χ0v) is 15.4. The van der Waals surface area contributed by atoms with Crippen LogP contribution in [0.25, 0.3) is 5.57 Å². The maximum atomic E-state index is 12.5. The number of carbonyl (C=O) groups excluding carboxylic acids is 3. The van der Waals surface area contributed by atoms with E-state index in [0.29, 0.717) is 16.3 Å². The van der Waals surface area contributed by atoms with Crippen LogP contribution in [0.15, 0.2) is 42.6 Å². The minimum Gasteiger partial charge on any atom is -0.468 e. The number of aromatic nitrogens is 1. The second kappa shape index (κ2) is 7.59. The number of benzene rings is 1. The van der Waals surface area contributed by atoms with Gasteiger partial charge in [0, 0.05) is 37.5 Å². The van der Waals surface area contributed by atoms with E-state index in [1.54, 1.807) is 32.3 Å². The van der Waals surface area contributed by atoms with Gasteiger partial charge in [0.15, 0.2) is 12.4 Å². The summed E-state index contributed by atoms with van der Waals surface area (Å²) in [5, 5.41) is 3.06.